The summed E-state index contributed by atoms with van der Waals surface area (Å²) in [6.45, 7) is 27.1. The Kier molecular flexibility index (Phi) is 60.7. The van der Waals surface area contributed by atoms with Gasteiger partial charge in [0.25, 0.3) is 75.7 Å². The number of halogens is 1. The van der Waals surface area contributed by atoms with E-state index in [1.165, 1.54) is 75.7 Å². The highest BCUT2D eigenvalue weighted by Gasteiger charge is 2.09. The Morgan fingerprint density at radius 2 is 0.190 bits per heavy atom. The Labute approximate surface area is 719 Å². The highest BCUT2D eigenvalue weighted by Crippen LogP contribution is 1.93. The predicted molar refractivity (Wildman–Crippen MR) is 430 cm³/mol. The van der Waals surface area contributed by atoms with Crippen molar-refractivity contribution in [3.63, 3.8) is 0 Å². The molecule has 0 aromatic carbocycles. The minimum Gasteiger partial charge on any atom is -1.00 e. The van der Waals surface area contributed by atoms with E-state index in [-0.39, 0.29) is 4.70 Å². The van der Waals surface area contributed by atoms with E-state index >= 15 is 0 Å². The maximum Gasteiger partial charge on any atom is 0.252 e. The van der Waals surface area contributed by atoms with Crippen LogP contribution in [0.25, 0.3) is 0 Å². The molecule has 0 aliphatic rings. The summed E-state index contributed by atoms with van der Waals surface area (Å²) in [6.07, 6.45) is 53.0. The molecule has 0 amide bonds. The van der Waals surface area contributed by atoms with E-state index in [4.69, 9.17) is 60.3 Å². The molecular formula is C78H143B4FN26O12. The third-order valence-electron chi connectivity index (χ3n) is 20.0. The average Bonchev–Trinajstić information content (AvgIpc) is 1.92. The van der Waals surface area contributed by atoms with Gasteiger partial charge in [0.05, 0.1) is 183 Å². The molecule has 0 aliphatic carbocycles. The first kappa shape index (κ1) is 119. The number of hydrogen-bond acceptors (Lipinski definition) is 12. The normalized spacial score (nSPS) is 9.38. The number of imidazole rings is 13. The maximum absolute atomic E-state index is 8.42. The van der Waals surface area contributed by atoms with Gasteiger partial charge in [-0.15, -0.1) is 0 Å². The van der Waals surface area contributed by atoms with Gasteiger partial charge in [0, 0.05) is 90.0 Å². The van der Waals surface area contributed by atoms with Crippen LogP contribution in [0.3, 0.4) is 0 Å². The second-order valence-electron chi connectivity index (χ2n) is 28.0. The molecule has 0 unspecified atom stereocenters. The van der Waals surface area contributed by atoms with Crippen molar-refractivity contribution in [2.45, 2.75) is 90.0 Å². The van der Waals surface area contributed by atoms with Crippen molar-refractivity contribution in [3.8, 4) is 0 Å². The van der Waals surface area contributed by atoms with Crippen molar-refractivity contribution in [3.05, 3.63) is 237 Å². The highest BCUT2D eigenvalue weighted by atomic mass is 19.0. The van der Waals surface area contributed by atoms with E-state index in [0.29, 0.717) is 0 Å². The Hall–Kier alpha value is -10.6. The van der Waals surface area contributed by atoms with Crippen LogP contribution in [-0.4, -0.2) is 88.7 Å². The van der Waals surface area contributed by atoms with Crippen LogP contribution >= 0.6 is 0 Å². The van der Waals surface area contributed by atoms with Crippen molar-refractivity contribution in [1.82, 2.24) is 59.4 Å². The first-order valence-electron chi connectivity index (χ1n) is 37.8. The summed E-state index contributed by atoms with van der Waals surface area (Å²) >= 11 is 0. The van der Waals surface area contributed by atoms with E-state index < -0.39 is 29.3 Å². The summed E-state index contributed by atoms with van der Waals surface area (Å²) in [5, 5.41) is 101. The van der Waals surface area contributed by atoms with Crippen molar-refractivity contribution < 1.29 is 124 Å². The lowest BCUT2D eigenvalue weighted by Crippen LogP contribution is -3.00. The molecule has 13 aromatic rings. The summed E-state index contributed by atoms with van der Waals surface area (Å²) in [6, 6.07) is 0. The van der Waals surface area contributed by atoms with Gasteiger partial charge in [-0.1, -0.05) is 0 Å². The zero-order valence-corrected chi connectivity index (χ0v) is 79.7. The molecule has 0 atom stereocenters. The van der Waals surface area contributed by atoms with Gasteiger partial charge in [-0.3, -0.25) is 29.3 Å². The highest BCUT2D eigenvalue weighted by molar-refractivity contribution is 6.24. The number of nitrogens with zero attached hydrogens (tertiary/aromatic N) is 26. The molecule has 0 saturated carbocycles. The number of rotatable bonds is 0. The Morgan fingerprint density at radius 3 is 0.198 bits per heavy atom. The standard InChI is InChI=1S/13C6H11N2.4BO3.FH/c13*1-6-7(2)4-5-8(6)3;4*2-1(3)4;/h13*4-5H,1-3H3;;;;;1H/q13*+1;4*-3;/p-1. The molecule has 13 heterocycles. The molecule has 0 bridgehead atoms. The first-order chi connectivity index (χ1) is 55.2. The Bertz CT molecular complexity index is 3540. The fraction of sp³-hybridized carbons (Fsp3) is 0.500. The fourth-order valence-electron chi connectivity index (χ4n) is 8.64. The largest absolute Gasteiger partial charge is 1.00 e. The number of aromatic nitrogens is 26. The summed E-state index contributed by atoms with van der Waals surface area (Å²) in [5.74, 6) is 16.5. The van der Waals surface area contributed by atoms with Gasteiger partial charge >= 0.3 is 0 Å². The summed E-state index contributed by atoms with van der Waals surface area (Å²) < 4.78 is 54.2. The SMILES string of the molecule is Cc1n(C)cc[n+]1C.Cc1n(C)cc[n+]1C.Cc1n(C)cc[n+]1C.Cc1n(C)cc[n+]1C.Cc1n(C)cc[n+]1C.Cc1n(C)cc[n+]1C.Cc1n(C)cc[n+]1C.Cc1n(C)cc[n+]1C.Cc1n(C)cc[n+]1C.Cc1n(C)cc[n+]1C.Cc1n(C)cc[n+]1C.Cc1n(C)cc[n+]1C.Cc1n(C)cc[n+]1C.[F-].[O-]B([O-])[O-].[O-]B([O-])[O-].[O-]B([O-])[O-].[O-]B([O-])[O-]. The lowest BCUT2D eigenvalue weighted by atomic mass is 10.3. The van der Waals surface area contributed by atoms with Crippen molar-refractivity contribution in [2.75, 3.05) is 0 Å². The monoisotopic (exact) mass is 1700 g/mol. The minimum atomic E-state index is -2.92. The molecule has 121 heavy (non-hydrogen) atoms. The van der Waals surface area contributed by atoms with Crippen molar-refractivity contribution >= 4 is 29.3 Å². The molecule has 0 spiro atoms. The summed E-state index contributed by atoms with van der Waals surface area (Å²) in [7, 11) is 41.3. The lowest BCUT2D eigenvalue weighted by molar-refractivity contribution is -0.677. The van der Waals surface area contributed by atoms with Gasteiger partial charge in [-0.2, -0.15) is 0 Å². The number of aryl methyl sites for hydroxylation is 26. The summed E-state index contributed by atoms with van der Waals surface area (Å²) in [5.41, 5.74) is 0. The van der Waals surface area contributed by atoms with Gasteiger partial charge in [-0.25, -0.2) is 119 Å². The van der Waals surface area contributed by atoms with E-state index in [1.54, 1.807) is 0 Å². The molecule has 43 heteroatoms. The van der Waals surface area contributed by atoms with Gasteiger partial charge in [-0.05, 0) is 0 Å². The maximum atomic E-state index is 8.42. The second kappa shape index (κ2) is 61.7. The topological polar surface area (TPSA) is 391 Å². The molecule has 0 aliphatic heterocycles. The zero-order valence-electron chi connectivity index (χ0n) is 79.7. The smallest absolute Gasteiger partial charge is 0.252 e. The van der Waals surface area contributed by atoms with Gasteiger partial charge in [0.2, 0.25) is 0 Å². The molecule has 0 radical (unpaired) electrons. The molecular weight excluding hydrogens is 1560 g/mol. The van der Waals surface area contributed by atoms with Crippen molar-refractivity contribution in [1.29, 1.82) is 0 Å². The van der Waals surface area contributed by atoms with E-state index in [0.717, 1.165) is 0 Å². The Morgan fingerprint density at radius 1 is 0.149 bits per heavy atom. The van der Waals surface area contributed by atoms with E-state index in [9.17, 15) is 0 Å². The fourth-order valence-corrected chi connectivity index (χ4v) is 8.64. The first-order valence-corrected chi connectivity index (χ1v) is 37.8. The zero-order chi connectivity index (χ0) is 94.2. The lowest BCUT2D eigenvalue weighted by Gasteiger charge is -2.35. The molecule has 0 fully saturated rings. The minimum absolute atomic E-state index is 0. The molecule has 0 saturated heterocycles. The van der Waals surface area contributed by atoms with Crippen LogP contribution in [-0.2, 0) is 183 Å². The van der Waals surface area contributed by atoms with Crippen LogP contribution < -0.4 is 124 Å². The van der Waals surface area contributed by atoms with Crippen molar-refractivity contribution in [2.24, 2.45) is 183 Å². The quantitative estimate of drug-likeness (QED) is 0.101. The Balaban J connectivity index is -0.000000396. The molecule has 13 rings (SSSR count). The summed E-state index contributed by atoms with van der Waals surface area (Å²) in [4.78, 5) is 0. The predicted octanol–water partition coefficient (Wildman–Crippen LogP) is -16.7. The van der Waals surface area contributed by atoms with Crippen LogP contribution in [0.15, 0.2) is 161 Å². The van der Waals surface area contributed by atoms with Gasteiger partial charge in [0.15, 0.2) is 0 Å². The van der Waals surface area contributed by atoms with Crippen LogP contribution in [0.1, 0.15) is 75.7 Å². The van der Waals surface area contributed by atoms with Crippen LogP contribution in [0, 0.1) is 90.0 Å². The third kappa shape index (κ3) is 50.3. The van der Waals surface area contributed by atoms with Crippen LogP contribution in [0.2, 0.25) is 0 Å². The molecule has 0 N–H and O–H groups in total. The van der Waals surface area contributed by atoms with Crippen LogP contribution in [0.5, 0.6) is 0 Å². The molecule has 38 nitrogen and oxygen atoms in total. The van der Waals surface area contributed by atoms with E-state index in [2.05, 4.69) is 209 Å². The average molecular weight is 1700 g/mol. The third-order valence-corrected chi connectivity index (χ3v) is 20.0. The van der Waals surface area contributed by atoms with Gasteiger partial charge < -0.3 is 65.0 Å². The van der Waals surface area contributed by atoms with Gasteiger partial charge in [0.1, 0.15) is 161 Å². The number of hydrogen-bond donors (Lipinski definition) is 0. The molecule has 13 aromatic heterocycles. The van der Waals surface area contributed by atoms with E-state index in [1.807, 2.05) is 344 Å². The molecule has 676 valence electrons. The second-order valence-corrected chi connectivity index (χ2v) is 28.0. The van der Waals surface area contributed by atoms with Crippen LogP contribution in [0.4, 0.5) is 0 Å².